The predicted octanol–water partition coefficient (Wildman–Crippen LogP) is 0.832. The van der Waals surface area contributed by atoms with Gasteiger partial charge in [-0.1, -0.05) is 5.87 Å². The number of aldehydes is 1. The Morgan fingerprint density at radius 1 is 1.62 bits per heavy atom. The van der Waals surface area contributed by atoms with E-state index >= 15 is 0 Å². The van der Waals surface area contributed by atoms with Gasteiger partial charge >= 0.3 is 0 Å². The van der Waals surface area contributed by atoms with Gasteiger partial charge in [-0.25, -0.2) is 4.98 Å². The summed E-state index contributed by atoms with van der Waals surface area (Å²) in [6, 6.07) is -0.601. The lowest BCUT2D eigenvalue weighted by Crippen LogP contribution is -2.75. The van der Waals surface area contributed by atoms with Crippen LogP contribution in [0.2, 0.25) is 0 Å². The van der Waals surface area contributed by atoms with Crippen LogP contribution < -0.4 is 5.32 Å². The van der Waals surface area contributed by atoms with Crippen molar-refractivity contribution in [1.29, 1.82) is 0 Å². The molecule has 3 rings (SSSR count). The van der Waals surface area contributed by atoms with Crippen LogP contribution in [0, 0.1) is 12.8 Å². The molecule has 9 heteroatoms. The van der Waals surface area contributed by atoms with Crippen molar-refractivity contribution in [3.63, 3.8) is 0 Å². The van der Waals surface area contributed by atoms with Gasteiger partial charge in [0, 0.05) is 24.9 Å². The molecule has 7 nitrogen and oxygen atoms in total. The summed E-state index contributed by atoms with van der Waals surface area (Å²) in [5.74, 6) is 4.61. The third-order valence-corrected chi connectivity index (χ3v) is 7.77. The Morgan fingerprint density at radius 2 is 2.35 bits per heavy atom. The summed E-state index contributed by atoms with van der Waals surface area (Å²) >= 11 is 1.44. The second-order valence-electron chi connectivity index (χ2n) is 6.52. The molecule has 0 bridgehead atoms. The van der Waals surface area contributed by atoms with Crippen molar-refractivity contribution in [3.05, 3.63) is 16.1 Å². The van der Waals surface area contributed by atoms with E-state index in [9.17, 15) is 14.4 Å². The number of amides is 2. The standard InChI is InChI=1S/C17H22N4O3S2/c1-9-11(5-6-22)8-26(4)17-14(16(24)21(9)17)20-15(23)13(18-3)12-7-25-10(2)19-12/h6-7,9,11,14,17H,4-5,8H2,1-3H3,(H,20,23). The normalized spacial score (nSPS) is 31.2. The van der Waals surface area contributed by atoms with Crippen LogP contribution in [-0.2, 0) is 14.4 Å². The number of nitrogens with one attached hydrogen (secondary N) is 1. The van der Waals surface area contributed by atoms with E-state index in [1.54, 1.807) is 10.3 Å². The number of fused-ring (bicyclic) bond motifs is 1. The highest BCUT2D eigenvalue weighted by atomic mass is 32.2. The highest BCUT2D eigenvalue weighted by molar-refractivity contribution is 8.14. The number of hydrogen-bond acceptors (Lipinski definition) is 6. The minimum absolute atomic E-state index is 0.0168. The molecule has 2 saturated heterocycles. The monoisotopic (exact) mass is 394 g/mol. The Labute approximate surface area is 158 Å². The van der Waals surface area contributed by atoms with E-state index in [1.165, 1.54) is 18.4 Å². The van der Waals surface area contributed by atoms with Gasteiger partial charge in [-0.15, -0.1) is 11.3 Å². The van der Waals surface area contributed by atoms with Crippen LogP contribution in [0.15, 0.2) is 10.4 Å². The first-order chi connectivity index (χ1) is 12.4. The van der Waals surface area contributed by atoms with E-state index in [-0.39, 0.29) is 39.4 Å². The second kappa shape index (κ2) is 7.40. The van der Waals surface area contributed by atoms with E-state index in [4.69, 9.17) is 0 Å². The molecule has 140 valence electrons. The number of hydrogen-bond donors (Lipinski definition) is 1. The molecular formula is C17H22N4O3S2. The largest absolute Gasteiger partial charge is 0.336 e. The summed E-state index contributed by atoms with van der Waals surface area (Å²) in [6.45, 7) is 3.82. The number of carbonyl (C=O) groups is 3. The SMILES string of the molecule is C=S1CC(CC=O)C(C)N2C(=O)C(NC(=O)C(=NC)c3csc(C)n3)C21. The van der Waals surface area contributed by atoms with Crippen molar-refractivity contribution in [3.8, 4) is 0 Å². The number of aryl methyl sites for hydroxylation is 1. The first-order valence-corrected chi connectivity index (χ1v) is 10.8. The third kappa shape index (κ3) is 3.14. The summed E-state index contributed by atoms with van der Waals surface area (Å²) in [4.78, 5) is 46.3. The molecule has 0 aromatic carbocycles. The minimum Gasteiger partial charge on any atom is -0.336 e. The van der Waals surface area contributed by atoms with Crippen LogP contribution in [0.25, 0.3) is 0 Å². The number of nitrogens with zero attached hydrogens (tertiary/aromatic N) is 3. The third-order valence-electron chi connectivity index (χ3n) is 4.96. The Hall–Kier alpha value is -1.87. The average molecular weight is 395 g/mol. The van der Waals surface area contributed by atoms with Crippen LogP contribution >= 0.6 is 21.8 Å². The summed E-state index contributed by atoms with van der Waals surface area (Å²) in [5, 5.41) is 5.34. The minimum atomic E-state index is -0.584. The lowest BCUT2D eigenvalue weighted by molar-refractivity contribution is -0.153. The van der Waals surface area contributed by atoms with Gasteiger partial charge in [0.1, 0.15) is 29.1 Å². The predicted molar refractivity (Wildman–Crippen MR) is 105 cm³/mol. The Bertz CT molecular complexity index is 804. The summed E-state index contributed by atoms with van der Waals surface area (Å²) in [6.07, 6.45) is 1.34. The zero-order valence-corrected chi connectivity index (χ0v) is 16.6. The van der Waals surface area contributed by atoms with Gasteiger partial charge in [0.15, 0.2) is 0 Å². The fourth-order valence-corrected chi connectivity index (χ4v) is 6.49. The number of rotatable bonds is 5. The van der Waals surface area contributed by atoms with Gasteiger partial charge in [0.05, 0.1) is 5.01 Å². The van der Waals surface area contributed by atoms with Crippen LogP contribution in [0.1, 0.15) is 24.0 Å². The van der Waals surface area contributed by atoms with Crippen molar-refractivity contribution >= 4 is 51.5 Å². The first-order valence-electron chi connectivity index (χ1n) is 8.34. The van der Waals surface area contributed by atoms with Crippen molar-refractivity contribution in [2.24, 2.45) is 10.9 Å². The van der Waals surface area contributed by atoms with E-state index in [2.05, 4.69) is 21.2 Å². The van der Waals surface area contributed by atoms with Gasteiger partial charge < -0.3 is 15.0 Å². The fraction of sp³-hybridized carbons (Fsp3) is 0.529. The molecular weight excluding hydrogens is 372 g/mol. The molecule has 2 fully saturated rings. The Kier molecular flexibility index (Phi) is 5.38. The molecule has 1 aromatic heterocycles. The van der Waals surface area contributed by atoms with E-state index in [0.717, 1.165) is 17.0 Å². The maximum atomic E-state index is 12.7. The summed E-state index contributed by atoms with van der Waals surface area (Å²) in [5.41, 5.74) is 0.750. The van der Waals surface area contributed by atoms with Crippen LogP contribution in [0.5, 0.6) is 0 Å². The van der Waals surface area contributed by atoms with Crippen LogP contribution in [-0.4, -0.2) is 69.8 Å². The topological polar surface area (TPSA) is 91.7 Å². The molecule has 26 heavy (non-hydrogen) atoms. The highest BCUT2D eigenvalue weighted by Crippen LogP contribution is 2.44. The number of carbonyl (C=O) groups excluding carboxylic acids is 3. The average Bonchev–Trinajstić information content (AvgIpc) is 3.02. The maximum Gasteiger partial charge on any atom is 0.272 e. The van der Waals surface area contributed by atoms with Gasteiger partial charge in [-0.2, -0.15) is 10.5 Å². The molecule has 2 aliphatic heterocycles. The number of β-lactam (4-membered cyclic amide) rings is 1. The molecule has 0 saturated carbocycles. The highest BCUT2D eigenvalue weighted by Gasteiger charge is 2.55. The van der Waals surface area contributed by atoms with Gasteiger partial charge in [-0.05, 0) is 25.5 Å². The number of thiazole rings is 1. The molecule has 0 spiro atoms. The second-order valence-corrected chi connectivity index (χ2v) is 9.47. The van der Waals surface area contributed by atoms with Crippen LogP contribution in [0.4, 0.5) is 0 Å². The Balaban J connectivity index is 1.74. The summed E-state index contributed by atoms with van der Waals surface area (Å²) < 4.78 is 0. The lowest BCUT2D eigenvalue weighted by atomic mass is 9.93. The van der Waals surface area contributed by atoms with Crippen molar-refractivity contribution in [1.82, 2.24) is 15.2 Å². The lowest BCUT2D eigenvalue weighted by Gasteiger charge is -2.56. The smallest absolute Gasteiger partial charge is 0.272 e. The fourth-order valence-electron chi connectivity index (χ4n) is 3.55. The van der Waals surface area contributed by atoms with Gasteiger partial charge in [0.2, 0.25) is 5.91 Å². The molecule has 3 heterocycles. The molecule has 1 N–H and O–H groups in total. The van der Waals surface area contributed by atoms with Gasteiger partial charge in [-0.3, -0.25) is 14.6 Å². The molecule has 5 unspecified atom stereocenters. The zero-order valence-electron chi connectivity index (χ0n) is 15.0. The van der Waals surface area contributed by atoms with Crippen molar-refractivity contribution in [2.45, 2.75) is 37.7 Å². The molecule has 2 amide bonds. The van der Waals surface area contributed by atoms with E-state index < -0.39 is 11.9 Å². The Morgan fingerprint density at radius 3 is 2.92 bits per heavy atom. The molecule has 5 atom stereocenters. The van der Waals surface area contributed by atoms with E-state index in [0.29, 0.717) is 12.1 Å². The number of aromatic nitrogens is 1. The first kappa shape index (κ1) is 18.9. The van der Waals surface area contributed by atoms with E-state index in [1.807, 2.05) is 13.8 Å². The summed E-state index contributed by atoms with van der Waals surface area (Å²) in [7, 11) is 1.21. The molecule has 1 aromatic rings. The maximum absolute atomic E-state index is 12.7. The molecule has 0 radical (unpaired) electrons. The number of aliphatic imine (C=N–C) groups is 1. The van der Waals surface area contributed by atoms with Crippen molar-refractivity contribution < 1.29 is 14.4 Å². The van der Waals surface area contributed by atoms with Crippen molar-refractivity contribution in [2.75, 3.05) is 12.8 Å². The van der Waals surface area contributed by atoms with Gasteiger partial charge in [0.25, 0.3) is 5.91 Å². The molecule has 0 aliphatic carbocycles. The quantitative estimate of drug-likeness (QED) is 0.347. The molecule has 2 aliphatic rings. The van der Waals surface area contributed by atoms with Crippen LogP contribution in [0.3, 0.4) is 0 Å². The zero-order chi connectivity index (χ0) is 19.0.